The molecule has 2 fully saturated rings. The molecular weight excluding hydrogens is 447 g/mol. The molecule has 0 aromatic heterocycles. The van der Waals surface area contributed by atoms with Crippen molar-refractivity contribution in [2.45, 2.75) is 25.4 Å². The van der Waals surface area contributed by atoms with Gasteiger partial charge in [-0.3, -0.25) is 4.99 Å². The number of halogens is 1. The maximum absolute atomic E-state index is 11.7. The summed E-state index contributed by atoms with van der Waals surface area (Å²) in [6, 6.07) is 0. The van der Waals surface area contributed by atoms with Crippen LogP contribution in [-0.4, -0.2) is 83.6 Å². The average Bonchev–Trinajstić information content (AvgIpc) is 3.15. The quantitative estimate of drug-likeness (QED) is 0.222. The van der Waals surface area contributed by atoms with E-state index < -0.39 is 10.0 Å². The minimum absolute atomic E-state index is 0. The maximum Gasteiger partial charge on any atom is 0.214 e. The second-order valence-electron chi connectivity index (χ2n) is 5.70. The normalized spacial score (nSPS) is 23.9. The van der Waals surface area contributed by atoms with Crippen molar-refractivity contribution in [1.82, 2.24) is 14.9 Å². The third kappa shape index (κ3) is 7.38. The molecule has 1 atom stereocenters. The average molecular weight is 476 g/mol. The molecule has 0 aliphatic carbocycles. The van der Waals surface area contributed by atoms with Gasteiger partial charge in [0.05, 0.1) is 18.5 Å². The number of rotatable bonds is 8. The first-order valence-electron chi connectivity index (χ1n) is 8.23. The second-order valence-corrected chi connectivity index (χ2v) is 7.79. The highest BCUT2D eigenvalue weighted by Crippen LogP contribution is 2.11. The van der Waals surface area contributed by atoms with Gasteiger partial charge >= 0.3 is 0 Å². The van der Waals surface area contributed by atoms with Crippen molar-refractivity contribution in [3.8, 4) is 0 Å². The van der Waals surface area contributed by atoms with Crippen molar-refractivity contribution < 1.29 is 17.9 Å². The fourth-order valence-electron chi connectivity index (χ4n) is 2.64. The lowest BCUT2D eigenvalue weighted by molar-refractivity contribution is 0.0420. The van der Waals surface area contributed by atoms with Crippen LogP contribution in [-0.2, 0) is 19.5 Å². The summed E-state index contributed by atoms with van der Waals surface area (Å²) < 4.78 is 35.9. The molecule has 0 bridgehead atoms. The lowest BCUT2D eigenvalue weighted by Gasteiger charge is -2.16. The Balaban J connectivity index is 0.00000288. The van der Waals surface area contributed by atoms with Gasteiger partial charge in [-0.05, 0) is 19.3 Å². The van der Waals surface area contributed by atoms with Crippen LogP contribution in [0.4, 0.5) is 0 Å². The number of ether oxygens (including phenoxy) is 2. The van der Waals surface area contributed by atoms with Crippen LogP contribution < -0.4 is 10.6 Å². The van der Waals surface area contributed by atoms with E-state index in [0.717, 1.165) is 32.4 Å². The van der Waals surface area contributed by atoms with Crippen LogP contribution in [0.2, 0.25) is 0 Å². The van der Waals surface area contributed by atoms with E-state index in [2.05, 4.69) is 15.6 Å². The fraction of sp³-hybridized carbons (Fsp3) is 0.929. The first-order valence-corrected chi connectivity index (χ1v) is 9.84. The molecule has 0 saturated carbocycles. The predicted molar refractivity (Wildman–Crippen MR) is 105 cm³/mol. The molecule has 2 heterocycles. The number of nitrogens with zero attached hydrogens (tertiary/aromatic N) is 2. The highest BCUT2D eigenvalue weighted by atomic mass is 127. The lowest BCUT2D eigenvalue weighted by atomic mass is 10.3. The number of hydrogen-bond donors (Lipinski definition) is 2. The molecule has 2 N–H and O–H groups in total. The van der Waals surface area contributed by atoms with Gasteiger partial charge in [-0.2, -0.15) is 0 Å². The Labute approximate surface area is 161 Å². The Morgan fingerprint density at radius 1 is 1.38 bits per heavy atom. The van der Waals surface area contributed by atoms with E-state index in [1.165, 1.54) is 4.31 Å². The van der Waals surface area contributed by atoms with E-state index in [4.69, 9.17) is 9.47 Å². The number of guanidine groups is 1. The van der Waals surface area contributed by atoms with Crippen LogP contribution in [0.15, 0.2) is 4.99 Å². The molecule has 2 aliphatic rings. The molecule has 2 aliphatic heterocycles. The van der Waals surface area contributed by atoms with Crippen molar-refractivity contribution in [3.63, 3.8) is 0 Å². The summed E-state index contributed by atoms with van der Waals surface area (Å²) in [4.78, 5) is 4.13. The molecule has 0 amide bonds. The van der Waals surface area contributed by atoms with Crippen LogP contribution in [0.25, 0.3) is 0 Å². The highest BCUT2D eigenvalue weighted by Gasteiger charge is 2.27. The number of nitrogens with one attached hydrogen (secondary N) is 2. The van der Waals surface area contributed by atoms with Gasteiger partial charge in [0.15, 0.2) is 5.96 Å². The Bertz CT molecular complexity index is 483. The molecule has 8 nitrogen and oxygen atoms in total. The highest BCUT2D eigenvalue weighted by molar-refractivity contribution is 14.0. The summed E-state index contributed by atoms with van der Waals surface area (Å²) in [6.45, 7) is 4.61. The zero-order valence-corrected chi connectivity index (χ0v) is 17.3. The summed E-state index contributed by atoms with van der Waals surface area (Å²) in [5.74, 6) is 0.956. The van der Waals surface area contributed by atoms with Gasteiger partial charge in [0.1, 0.15) is 0 Å². The molecule has 2 rings (SSSR count). The predicted octanol–water partition coefficient (Wildman–Crippen LogP) is 0.000500. The van der Waals surface area contributed by atoms with E-state index in [9.17, 15) is 8.42 Å². The lowest BCUT2D eigenvalue weighted by Crippen LogP contribution is -2.42. The Morgan fingerprint density at radius 2 is 2.17 bits per heavy atom. The Kier molecular flexibility index (Phi) is 10.4. The topological polar surface area (TPSA) is 92.3 Å². The number of hydrogen-bond acceptors (Lipinski definition) is 5. The van der Waals surface area contributed by atoms with Crippen molar-refractivity contribution in [1.29, 1.82) is 0 Å². The first kappa shape index (κ1) is 21.9. The van der Waals surface area contributed by atoms with Gasteiger partial charge in [-0.25, -0.2) is 12.7 Å². The smallest absolute Gasteiger partial charge is 0.214 e. The van der Waals surface area contributed by atoms with E-state index in [-0.39, 0.29) is 35.8 Å². The van der Waals surface area contributed by atoms with Gasteiger partial charge in [0.25, 0.3) is 0 Å². The van der Waals surface area contributed by atoms with Crippen LogP contribution in [0.3, 0.4) is 0 Å². The molecular formula is C14H29IN4O4S. The Morgan fingerprint density at radius 3 is 2.79 bits per heavy atom. The third-order valence-corrected chi connectivity index (χ3v) is 5.89. The molecule has 10 heteroatoms. The van der Waals surface area contributed by atoms with E-state index in [0.29, 0.717) is 38.8 Å². The summed E-state index contributed by atoms with van der Waals surface area (Å²) in [5, 5.41) is 6.34. The molecule has 142 valence electrons. The van der Waals surface area contributed by atoms with Crippen molar-refractivity contribution in [2.24, 2.45) is 4.99 Å². The SMILES string of the molecule is CN=C(NCCCOC1CCOC1)NCCN1CCCS1(=O)=O.I. The minimum Gasteiger partial charge on any atom is -0.379 e. The summed E-state index contributed by atoms with van der Waals surface area (Å²) in [7, 11) is -1.32. The van der Waals surface area contributed by atoms with Crippen molar-refractivity contribution >= 4 is 40.0 Å². The third-order valence-electron chi connectivity index (χ3n) is 3.94. The summed E-state index contributed by atoms with van der Waals surface area (Å²) >= 11 is 0. The Hall–Kier alpha value is -0.170. The first-order chi connectivity index (χ1) is 11.1. The van der Waals surface area contributed by atoms with Crippen LogP contribution in [0.1, 0.15) is 19.3 Å². The standard InChI is InChI=1S/C14H28N4O4S.HI/c1-15-14(16-5-2-9-22-13-4-10-21-12-13)17-6-8-18-7-3-11-23(18,19)20;/h13H,2-12H2,1H3,(H2,15,16,17);1H. The zero-order chi connectivity index (χ0) is 16.5. The zero-order valence-electron chi connectivity index (χ0n) is 14.2. The van der Waals surface area contributed by atoms with Gasteiger partial charge < -0.3 is 20.1 Å². The van der Waals surface area contributed by atoms with Crippen molar-refractivity contribution in [3.05, 3.63) is 0 Å². The molecule has 0 spiro atoms. The van der Waals surface area contributed by atoms with Crippen LogP contribution in [0, 0.1) is 0 Å². The van der Waals surface area contributed by atoms with E-state index in [1.807, 2.05) is 0 Å². The minimum atomic E-state index is -3.02. The van der Waals surface area contributed by atoms with Crippen LogP contribution in [0.5, 0.6) is 0 Å². The molecule has 0 aromatic rings. The second kappa shape index (κ2) is 11.4. The largest absolute Gasteiger partial charge is 0.379 e. The fourth-order valence-corrected chi connectivity index (χ4v) is 4.16. The summed E-state index contributed by atoms with van der Waals surface area (Å²) in [5.41, 5.74) is 0. The van der Waals surface area contributed by atoms with Gasteiger partial charge in [-0.15, -0.1) is 24.0 Å². The number of aliphatic imine (C=N–C) groups is 1. The van der Waals surface area contributed by atoms with Gasteiger partial charge in [0, 0.05) is 46.4 Å². The van der Waals surface area contributed by atoms with Gasteiger partial charge in [-0.1, -0.05) is 0 Å². The molecule has 0 aromatic carbocycles. The maximum atomic E-state index is 11.7. The molecule has 2 saturated heterocycles. The van der Waals surface area contributed by atoms with Crippen LogP contribution >= 0.6 is 24.0 Å². The van der Waals surface area contributed by atoms with E-state index in [1.54, 1.807) is 7.05 Å². The number of sulfonamides is 1. The molecule has 1 unspecified atom stereocenters. The monoisotopic (exact) mass is 476 g/mol. The van der Waals surface area contributed by atoms with E-state index >= 15 is 0 Å². The molecule has 0 radical (unpaired) electrons. The molecule has 24 heavy (non-hydrogen) atoms. The van der Waals surface area contributed by atoms with Crippen molar-refractivity contribution in [2.75, 3.05) is 58.8 Å². The van der Waals surface area contributed by atoms with Gasteiger partial charge in [0.2, 0.25) is 10.0 Å². The summed E-state index contributed by atoms with van der Waals surface area (Å²) in [6.07, 6.45) is 2.84.